The summed E-state index contributed by atoms with van der Waals surface area (Å²) in [6.45, 7) is 5.98. The molecule has 12 heavy (non-hydrogen) atoms. The van der Waals surface area contributed by atoms with Crippen LogP contribution in [0.4, 0.5) is 0 Å². The molecule has 0 spiro atoms. The van der Waals surface area contributed by atoms with Crippen molar-refractivity contribution in [2.45, 2.75) is 45.6 Å². The second-order valence-electron chi connectivity index (χ2n) is 5.07. The lowest BCUT2D eigenvalue weighted by atomic mass is 10.1. The Morgan fingerprint density at radius 2 is 2.00 bits per heavy atom. The van der Waals surface area contributed by atoms with E-state index in [1.54, 1.807) is 0 Å². The van der Waals surface area contributed by atoms with Crippen LogP contribution >= 0.6 is 0 Å². The Morgan fingerprint density at radius 3 is 2.58 bits per heavy atom. The third kappa shape index (κ3) is 2.48. The molecule has 2 fully saturated rings. The number of nitrogens with one attached hydrogen (secondary N) is 1. The quantitative estimate of drug-likeness (QED) is 0.663. The first-order chi connectivity index (χ1) is 5.75. The summed E-state index contributed by atoms with van der Waals surface area (Å²) in [4.78, 5) is 0. The van der Waals surface area contributed by atoms with Crippen LogP contribution in [0, 0.1) is 17.8 Å². The van der Waals surface area contributed by atoms with Crippen LogP contribution in [0.3, 0.4) is 0 Å². The molecule has 1 nitrogen and oxygen atoms in total. The fraction of sp³-hybridized carbons (Fsp3) is 1.00. The first-order valence-corrected chi connectivity index (χ1v) is 5.49. The Bertz CT molecular complexity index is 149. The summed E-state index contributed by atoms with van der Waals surface area (Å²) in [7, 11) is 0. The Morgan fingerprint density at radius 1 is 1.25 bits per heavy atom. The Hall–Kier alpha value is -0.0400. The third-order valence-electron chi connectivity index (χ3n) is 3.09. The van der Waals surface area contributed by atoms with Gasteiger partial charge in [0.2, 0.25) is 0 Å². The Balaban J connectivity index is 1.54. The second kappa shape index (κ2) is 3.37. The highest BCUT2D eigenvalue weighted by Gasteiger charge is 2.37. The lowest BCUT2D eigenvalue weighted by Crippen LogP contribution is -2.19. The largest absolute Gasteiger partial charge is 0.314 e. The van der Waals surface area contributed by atoms with E-state index in [0.717, 1.165) is 23.8 Å². The average molecular weight is 167 g/mol. The molecule has 70 valence electrons. The van der Waals surface area contributed by atoms with Crippen molar-refractivity contribution >= 4 is 0 Å². The van der Waals surface area contributed by atoms with Gasteiger partial charge in [-0.25, -0.2) is 0 Å². The van der Waals surface area contributed by atoms with E-state index in [2.05, 4.69) is 19.2 Å². The molecule has 0 saturated heterocycles. The van der Waals surface area contributed by atoms with E-state index >= 15 is 0 Å². The van der Waals surface area contributed by atoms with Crippen LogP contribution in [-0.2, 0) is 0 Å². The van der Waals surface area contributed by atoms with Crippen LogP contribution in [0.1, 0.15) is 39.5 Å². The first-order valence-electron chi connectivity index (χ1n) is 5.49. The zero-order valence-electron chi connectivity index (χ0n) is 8.34. The van der Waals surface area contributed by atoms with Gasteiger partial charge in [-0.15, -0.1) is 0 Å². The van der Waals surface area contributed by atoms with E-state index in [-0.39, 0.29) is 0 Å². The van der Waals surface area contributed by atoms with Gasteiger partial charge >= 0.3 is 0 Å². The fourth-order valence-corrected chi connectivity index (χ4v) is 2.06. The highest BCUT2D eigenvalue weighted by Crippen LogP contribution is 2.42. The van der Waals surface area contributed by atoms with Gasteiger partial charge in [-0.05, 0) is 50.0 Å². The molecule has 2 saturated carbocycles. The van der Waals surface area contributed by atoms with Crippen LogP contribution in [0.15, 0.2) is 0 Å². The smallest absolute Gasteiger partial charge is 0.00683 e. The van der Waals surface area contributed by atoms with Crippen molar-refractivity contribution in [3.05, 3.63) is 0 Å². The maximum absolute atomic E-state index is 3.62. The van der Waals surface area contributed by atoms with Crippen LogP contribution in [0.5, 0.6) is 0 Å². The molecule has 0 aromatic carbocycles. The minimum absolute atomic E-state index is 0.904. The molecule has 2 aliphatic carbocycles. The number of hydrogen-bond acceptors (Lipinski definition) is 1. The minimum atomic E-state index is 0.904. The predicted molar refractivity (Wildman–Crippen MR) is 52.1 cm³/mol. The lowest BCUT2D eigenvalue weighted by Gasteiger charge is -2.04. The molecular formula is C11H21N. The standard InChI is InChI=1S/C11H21N/c1-8(2)5-9-6-10(9)7-12-11-3-4-11/h8-12H,3-7H2,1-2H3. The molecule has 0 bridgehead atoms. The normalized spacial score (nSPS) is 34.2. The van der Waals surface area contributed by atoms with Crippen LogP contribution in [-0.4, -0.2) is 12.6 Å². The van der Waals surface area contributed by atoms with Crippen molar-refractivity contribution in [2.24, 2.45) is 17.8 Å². The van der Waals surface area contributed by atoms with E-state index in [4.69, 9.17) is 0 Å². The second-order valence-corrected chi connectivity index (χ2v) is 5.07. The van der Waals surface area contributed by atoms with Gasteiger partial charge < -0.3 is 5.32 Å². The predicted octanol–water partition coefficient (Wildman–Crippen LogP) is 2.42. The fourth-order valence-electron chi connectivity index (χ4n) is 2.06. The highest BCUT2D eigenvalue weighted by atomic mass is 15.0. The molecule has 0 radical (unpaired) electrons. The molecular weight excluding hydrogens is 146 g/mol. The maximum atomic E-state index is 3.62. The van der Waals surface area contributed by atoms with Gasteiger partial charge in [-0.3, -0.25) is 0 Å². The van der Waals surface area contributed by atoms with Gasteiger partial charge in [0.25, 0.3) is 0 Å². The van der Waals surface area contributed by atoms with Gasteiger partial charge in [0, 0.05) is 6.04 Å². The molecule has 0 heterocycles. The molecule has 2 rings (SSSR count). The van der Waals surface area contributed by atoms with Gasteiger partial charge in [0.1, 0.15) is 0 Å². The topological polar surface area (TPSA) is 12.0 Å². The summed E-state index contributed by atoms with van der Waals surface area (Å²) >= 11 is 0. The van der Waals surface area contributed by atoms with Crippen LogP contribution in [0.25, 0.3) is 0 Å². The van der Waals surface area contributed by atoms with Gasteiger partial charge in [-0.2, -0.15) is 0 Å². The summed E-state index contributed by atoms with van der Waals surface area (Å²) in [6, 6.07) is 0.908. The zero-order valence-corrected chi connectivity index (χ0v) is 8.34. The van der Waals surface area contributed by atoms with E-state index in [9.17, 15) is 0 Å². The van der Waals surface area contributed by atoms with Gasteiger partial charge in [0.05, 0.1) is 0 Å². The van der Waals surface area contributed by atoms with Crippen molar-refractivity contribution in [1.82, 2.24) is 5.32 Å². The lowest BCUT2D eigenvalue weighted by molar-refractivity contribution is 0.497. The van der Waals surface area contributed by atoms with Crippen molar-refractivity contribution in [3.8, 4) is 0 Å². The van der Waals surface area contributed by atoms with Gasteiger partial charge in [0.15, 0.2) is 0 Å². The summed E-state index contributed by atoms with van der Waals surface area (Å²) < 4.78 is 0. The average Bonchev–Trinajstić information content (AvgIpc) is 2.75. The van der Waals surface area contributed by atoms with Crippen molar-refractivity contribution < 1.29 is 0 Å². The monoisotopic (exact) mass is 167 g/mol. The van der Waals surface area contributed by atoms with E-state index in [1.807, 2.05) is 0 Å². The zero-order chi connectivity index (χ0) is 8.55. The van der Waals surface area contributed by atoms with Crippen LogP contribution in [0.2, 0.25) is 0 Å². The molecule has 2 aliphatic rings. The molecule has 0 aromatic rings. The first kappa shape index (κ1) is 8.55. The summed E-state index contributed by atoms with van der Waals surface area (Å²) in [5.74, 6) is 3.00. The van der Waals surface area contributed by atoms with Crippen molar-refractivity contribution in [2.75, 3.05) is 6.54 Å². The summed E-state index contributed by atoms with van der Waals surface area (Å²) in [6.07, 6.45) is 5.82. The molecule has 2 unspecified atom stereocenters. The van der Waals surface area contributed by atoms with E-state index in [0.29, 0.717) is 0 Å². The van der Waals surface area contributed by atoms with Gasteiger partial charge in [-0.1, -0.05) is 13.8 Å². The SMILES string of the molecule is CC(C)CC1CC1CNC1CC1. The summed E-state index contributed by atoms with van der Waals surface area (Å²) in [5.41, 5.74) is 0. The molecule has 0 aromatic heterocycles. The summed E-state index contributed by atoms with van der Waals surface area (Å²) in [5, 5.41) is 3.62. The molecule has 0 aliphatic heterocycles. The molecule has 0 amide bonds. The Kier molecular flexibility index (Phi) is 2.40. The van der Waals surface area contributed by atoms with Crippen LogP contribution < -0.4 is 5.32 Å². The van der Waals surface area contributed by atoms with E-state index < -0.39 is 0 Å². The van der Waals surface area contributed by atoms with Crippen molar-refractivity contribution in [1.29, 1.82) is 0 Å². The van der Waals surface area contributed by atoms with E-state index in [1.165, 1.54) is 32.2 Å². The maximum Gasteiger partial charge on any atom is 0.00683 e. The minimum Gasteiger partial charge on any atom is -0.314 e. The number of hydrogen-bond donors (Lipinski definition) is 1. The Labute approximate surface area is 75.9 Å². The third-order valence-corrected chi connectivity index (χ3v) is 3.09. The number of rotatable bonds is 5. The molecule has 1 N–H and O–H groups in total. The molecule has 1 heteroatoms. The van der Waals surface area contributed by atoms with Crippen molar-refractivity contribution in [3.63, 3.8) is 0 Å². The molecule has 2 atom stereocenters. The highest BCUT2D eigenvalue weighted by molar-refractivity contribution is 4.91.